The summed E-state index contributed by atoms with van der Waals surface area (Å²) in [6.07, 6.45) is 0. The van der Waals surface area contributed by atoms with Gasteiger partial charge in [0.15, 0.2) is 11.5 Å². The van der Waals surface area contributed by atoms with Gasteiger partial charge in [-0.2, -0.15) is 0 Å². The van der Waals surface area contributed by atoms with Crippen molar-refractivity contribution in [3.63, 3.8) is 0 Å². The Morgan fingerprint density at radius 3 is 2.79 bits per heavy atom. The van der Waals surface area contributed by atoms with E-state index in [-0.39, 0.29) is 12.7 Å². The zero-order chi connectivity index (χ0) is 23.3. The lowest BCUT2D eigenvalue weighted by molar-refractivity contribution is 0.102. The van der Waals surface area contributed by atoms with Gasteiger partial charge in [0.25, 0.3) is 5.91 Å². The molecule has 5 rings (SSSR count). The summed E-state index contributed by atoms with van der Waals surface area (Å²) in [6, 6.07) is 22.5. The SMILES string of the molecule is Cc1cc(CSc2ccccc2C(=O)Nc2cccc(COc3ccc4c(c3)OCO4)c2)on1. The second-order valence-electron chi connectivity index (χ2n) is 7.68. The second-order valence-corrected chi connectivity index (χ2v) is 8.69. The average Bonchev–Trinajstić information content (AvgIpc) is 3.50. The first-order valence-corrected chi connectivity index (χ1v) is 11.7. The maximum Gasteiger partial charge on any atom is 0.256 e. The molecule has 1 aromatic heterocycles. The molecule has 2 heterocycles. The molecule has 0 saturated heterocycles. The summed E-state index contributed by atoms with van der Waals surface area (Å²) < 4.78 is 21.9. The van der Waals surface area contributed by atoms with E-state index in [2.05, 4.69) is 10.5 Å². The molecule has 8 heteroatoms. The van der Waals surface area contributed by atoms with E-state index in [0.717, 1.165) is 21.9 Å². The molecule has 0 saturated carbocycles. The van der Waals surface area contributed by atoms with E-state index in [1.807, 2.05) is 79.7 Å². The average molecular weight is 475 g/mol. The Balaban J connectivity index is 1.22. The first kappa shape index (κ1) is 21.9. The molecule has 0 spiro atoms. The fourth-order valence-electron chi connectivity index (χ4n) is 3.48. The molecule has 0 fully saturated rings. The minimum Gasteiger partial charge on any atom is -0.489 e. The third kappa shape index (κ3) is 5.18. The van der Waals surface area contributed by atoms with Crippen LogP contribution in [0.3, 0.4) is 0 Å². The van der Waals surface area contributed by atoms with Crippen LogP contribution in [0.5, 0.6) is 17.2 Å². The van der Waals surface area contributed by atoms with E-state index in [1.165, 1.54) is 11.8 Å². The predicted molar refractivity (Wildman–Crippen MR) is 129 cm³/mol. The van der Waals surface area contributed by atoms with Crippen molar-refractivity contribution in [2.75, 3.05) is 12.1 Å². The van der Waals surface area contributed by atoms with Crippen molar-refractivity contribution in [3.8, 4) is 17.2 Å². The summed E-state index contributed by atoms with van der Waals surface area (Å²) in [7, 11) is 0. The lowest BCUT2D eigenvalue weighted by atomic mass is 10.2. The largest absolute Gasteiger partial charge is 0.489 e. The van der Waals surface area contributed by atoms with Crippen LogP contribution in [0.4, 0.5) is 5.69 Å². The highest BCUT2D eigenvalue weighted by molar-refractivity contribution is 7.98. The number of aryl methyl sites for hydroxylation is 1. The van der Waals surface area contributed by atoms with E-state index < -0.39 is 0 Å². The fourth-order valence-corrected chi connectivity index (χ4v) is 4.41. The van der Waals surface area contributed by atoms with Crippen LogP contribution in [0.15, 0.2) is 82.2 Å². The molecule has 1 aliphatic heterocycles. The minimum absolute atomic E-state index is 0.175. The molecule has 0 atom stereocenters. The lowest BCUT2D eigenvalue weighted by Crippen LogP contribution is -2.13. The number of rotatable bonds is 8. The van der Waals surface area contributed by atoms with Crippen LogP contribution in [-0.2, 0) is 12.4 Å². The Labute approximate surface area is 201 Å². The van der Waals surface area contributed by atoms with Crippen LogP contribution in [0.25, 0.3) is 0 Å². The molecule has 3 aromatic carbocycles. The number of ether oxygens (including phenoxy) is 3. The minimum atomic E-state index is -0.175. The predicted octanol–water partition coefficient (Wildman–Crippen LogP) is 5.84. The topological polar surface area (TPSA) is 82.8 Å². The number of nitrogens with one attached hydrogen (secondary N) is 1. The van der Waals surface area contributed by atoms with Crippen LogP contribution in [-0.4, -0.2) is 17.9 Å². The van der Waals surface area contributed by atoms with Crippen LogP contribution in [0.2, 0.25) is 0 Å². The van der Waals surface area contributed by atoms with E-state index in [1.54, 1.807) is 0 Å². The van der Waals surface area contributed by atoms with Crippen LogP contribution >= 0.6 is 11.8 Å². The maximum absolute atomic E-state index is 13.0. The van der Waals surface area contributed by atoms with Crippen molar-refractivity contribution < 1.29 is 23.5 Å². The molecule has 0 unspecified atom stereocenters. The smallest absolute Gasteiger partial charge is 0.256 e. The summed E-state index contributed by atoms with van der Waals surface area (Å²) >= 11 is 1.54. The van der Waals surface area contributed by atoms with Crippen molar-refractivity contribution in [2.45, 2.75) is 24.2 Å². The number of benzene rings is 3. The Morgan fingerprint density at radius 1 is 1.03 bits per heavy atom. The van der Waals surface area contributed by atoms with Gasteiger partial charge in [-0.05, 0) is 48.9 Å². The zero-order valence-corrected chi connectivity index (χ0v) is 19.3. The van der Waals surface area contributed by atoms with Crippen LogP contribution < -0.4 is 19.5 Å². The van der Waals surface area contributed by atoms with Gasteiger partial charge in [0, 0.05) is 22.7 Å². The van der Waals surface area contributed by atoms with Gasteiger partial charge >= 0.3 is 0 Å². The Kier molecular flexibility index (Phi) is 6.40. The van der Waals surface area contributed by atoms with Gasteiger partial charge in [-0.25, -0.2) is 0 Å². The molecule has 34 heavy (non-hydrogen) atoms. The normalized spacial score (nSPS) is 11.9. The van der Waals surface area contributed by atoms with Gasteiger partial charge in [0.2, 0.25) is 6.79 Å². The molecular formula is C26H22N2O5S. The Morgan fingerprint density at radius 2 is 1.91 bits per heavy atom. The highest BCUT2D eigenvalue weighted by atomic mass is 32.2. The molecular weight excluding hydrogens is 452 g/mol. The highest BCUT2D eigenvalue weighted by Gasteiger charge is 2.15. The number of fused-ring (bicyclic) bond motifs is 1. The third-order valence-corrected chi connectivity index (χ3v) is 6.21. The highest BCUT2D eigenvalue weighted by Crippen LogP contribution is 2.35. The van der Waals surface area contributed by atoms with Crippen molar-refractivity contribution in [3.05, 3.63) is 95.4 Å². The first-order valence-electron chi connectivity index (χ1n) is 10.7. The van der Waals surface area contributed by atoms with E-state index in [9.17, 15) is 4.79 Å². The summed E-state index contributed by atoms with van der Waals surface area (Å²) in [4.78, 5) is 13.9. The molecule has 0 aliphatic carbocycles. The molecule has 1 aliphatic rings. The monoisotopic (exact) mass is 474 g/mol. The molecule has 7 nitrogen and oxygen atoms in total. The van der Waals surface area contributed by atoms with E-state index in [0.29, 0.717) is 40.9 Å². The number of carbonyl (C=O) groups excluding carboxylic acids is 1. The van der Waals surface area contributed by atoms with Gasteiger partial charge in [-0.1, -0.05) is 29.4 Å². The van der Waals surface area contributed by atoms with Gasteiger partial charge in [-0.15, -0.1) is 11.8 Å². The molecule has 1 amide bonds. The summed E-state index contributed by atoms with van der Waals surface area (Å²) in [6.45, 7) is 2.46. The summed E-state index contributed by atoms with van der Waals surface area (Å²) in [5, 5.41) is 6.90. The lowest BCUT2D eigenvalue weighted by Gasteiger charge is -2.11. The van der Waals surface area contributed by atoms with Gasteiger partial charge in [0.1, 0.15) is 18.1 Å². The quantitative estimate of drug-likeness (QED) is 0.322. The molecule has 0 bridgehead atoms. The Bertz CT molecular complexity index is 1320. The van der Waals surface area contributed by atoms with Gasteiger partial charge in [-0.3, -0.25) is 4.79 Å². The van der Waals surface area contributed by atoms with E-state index >= 15 is 0 Å². The molecule has 172 valence electrons. The maximum atomic E-state index is 13.0. The van der Waals surface area contributed by atoms with Crippen molar-refractivity contribution in [1.82, 2.24) is 5.16 Å². The van der Waals surface area contributed by atoms with Crippen molar-refractivity contribution in [2.24, 2.45) is 0 Å². The summed E-state index contributed by atoms with van der Waals surface area (Å²) in [5.41, 5.74) is 3.07. The number of amides is 1. The molecule has 0 radical (unpaired) electrons. The molecule has 4 aromatic rings. The number of aromatic nitrogens is 1. The van der Waals surface area contributed by atoms with Gasteiger partial charge in [0.05, 0.1) is 17.0 Å². The third-order valence-electron chi connectivity index (χ3n) is 5.11. The number of anilines is 1. The summed E-state index contributed by atoms with van der Waals surface area (Å²) in [5.74, 6) is 3.27. The zero-order valence-electron chi connectivity index (χ0n) is 18.4. The van der Waals surface area contributed by atoms with Crippen molar-refractivity contribution >= 4 is 23.4 Å². The van der Waals surface area contributed by atoms with Crippen LogP contribution in [0.1, 0.15) is 27.4 Å². The fraction of sp³-hybridized carbons (Fsp3) is 0.154. The van der Waals surface area contributed by atoms with E-state index in [4.69, 9.17) is 18.7 Å². The second kappa shape index (κ2) is 9.93. The number of carbonyl (C=O) groups is 1. The van der Waals surface area contributed by atoms with Gasteiger partial charge < -0.3 is 24.1 Å². The van der Waals surface area contributed by atoms with Crippen molar-refractivity contribution in [1.29, 1.82) is 0 Å². The Hall–Kier alpha value is -3.91. The number of nitrogens with zero attached hydrogens (tertiary/aromatic N) is 1. The number of hydrogen-bond donors (Lipinski definition) is 1. The number of hydrogen-bond acceptors (Lipinski definition) is 7. The standard InChI is InChI=1S/C26H22N2O5S/c1-17-11-21(33-28-17)15-34-25-8-3-2-7-22(25)26(29)27-19-6-4-5-18(12-19)14-30-20-9-10-23-24(13-20)32-16-31-23/h2-13H,14-16H2,1H3,(H,27,29). The number of thioether (sulfide) groups is 1. The first-order chi connectivity index (χ1) is 16.6. The molecule has 1 N–H and O–H groups in total. The van der Waals surface area contributed by atoms with Crippen LogP contribution in [0, 0.1) is 6.92 Å².